The number of sulfonamides is 1. The Kier molecular flexibility index (Phi) is 5.89. The number of ketones is 1. The van der Waals surface area contributed by atoms with Crippen molar-refractivity contribution >= 4 is 21.5 Å². The van der Waals surface area contributed by atoms with Gasteiger partial charge in [0.1, 0.15) is 5.78 Å². The molecule has 0 spiro atoms. The van der Waals surface area contributed by atoms with E-state index in [1.807, 2.05) is 6.92 Å². The van der Waals surface area contributed by atoms with Gasteiger partial charge in [0.15, 0.2) is 0 Å². The number of nitro benzene ring substituents is 1. The number of hydrogen-bond donors (Lipinski definition) is 1. The first-order valence-corrected chi connectivity index (χ1v) is 9.44. The fourth-order valence-corrected chi connectivity index (χ4v) is 3.75. The fraction of sp³-hybridized carbons (Fsp3) is 0.278. The van der Waals surface area contributed by atoms with Crippen LogP contribution in [0.3, 0.4) is 0 Å². The van der Waals surface area contributed by atoms with Crippen LogP contribution in [0.4, 0.5) is 5.69 Å². The van der Waals surface area contributed by atoms with E-state index in [0.717, 1.165) is 5.56 Å². The lowest BCUT2D eigenvalue weighted by Gasteiger charge is -2.24. The second kappa shape index (κ2) is 7.76. The van der Waals surface area contributed by atoms with E-state index in [2.05, 4.69) is 4.72 Å². The molecule has 0 bridgehead atoms. The van der Waals surface area contributed by atoms with Crippen LogP contribution >= 0.6 is 0 Å². The monoisotopic (exact) mass is 376 g/mol. The summed E-state index contributed by atoms with van der Waals surface area (Å²) in [7, 11) is -3.87. The zero-order chi connectivity index (χ0) is 19.5. The van der Waals surface area contributed by atoms with Crippen molar-refractivity contribution in [1.82, 2.24) is 4.72 Å². The number of aryl methyl sites for hydroxylation is 1. The average molecular weight is 376 g/mol. The zero-order valence-electron chi connectivity index (χ0n) is 14.7. The highest BCUT2D eigenvalue weighted by Gasteiger charge is 2.28. The standard InChI is InChI=1S/C18H20N2O5S/c1-12-4-10-17(11-5-12)26(24,25)19-18(13(2)14(3)21)15-6-8-16(9-7-15)20(22)23/h4-11,13,18-19H,1-3H3/t13-,18+/m1/s1. The quantitative estimate of drug-likeness (QED) is 0.590. The predicted molar refractivity (Wildman–Crippen MR) is 97.2 cm³/mol. The summed E-state index contributed by atoms with van der Waals surface area (Å²) >= 11 is 0. The lowest BCUT2D eigenvalue weighted by atomic mass is 9.92. The van der Waals surface area contributed by atoms with Crippen molar-refractivity contribution in [2.24, 2.45) is 5.92 Å². The Morgan fingerprint density at radius 2 is 1.62 bits per heavy atom. The molecule has 0 saturated carbocycles. The van der Waals surface area contributed by atoms with E-state index in [9.17, 15) is 23.3 Å². The van der Waals surface area contributed by atoms with Crippen LogP contribution in [0.25, 0.3) is 0 Å². The van der Waals surface area contributed by atoms with Gasteiger partial charge in [0.05, 0.1) is 15.9 Å². The molecule has 0 amide bonds. The summed E-state index contributed by atoms with van der Waals surface area (Å²) in [5.74, 6) is -0.836. The number of Topliss-reactive ketones (excluding diaryl/α,β-unsaturated/α-hetero) is 1. The van der Waals surface area contributed by atoms with Gasteiger partial charge in [-0.1, -0.05) is 36.8 Å². The summed E-state index contributed by atoms with van der Waals surface area (Å²) in [6, 6.07) is 11.0. The molecule has 1 N–H and O–H groups in total. The summed E-state index contributed by atoms with van der Waals surface area (Å²) in [5.41, 5.74) is 1.30. The first-order valence-electron chi connectivity index (χ1n) is 7.95. The molecule has 0 aliphatic rings. The van der Waals surface area contributed by atoms with E-state index >= 15 is 0 Å². The van der Waals surface area contributed by atoms with Crippen molar-refractivity contribution in [3.63, 3.8) is 0 Å². The number of benzene rings is 2. The molecule has 0 fully saturated rings. The Bertz CT molecular complexity index is 906. The lowest BCUT2D eigenvalue weighted by molar-refractivity contribution is -0.384. The molecule has 8 heteroatoms. The van der Waals surface area contributed by atoms with Crippen LogP contribution in [0.1, 0.15) is 31.0 Å². The fourth-order valence-electron chi connectivity index (χ4n) is 2.45. The van der Waals surface area contributed by atoms with Gasteiger partial charge < -0.3 is 0 Å². The molecule has 0 unspecified atom stereocenters. The van der Waals surface area contributed by atoms with E-state index in [1.165, 1.54) is 43.3 Å². The molecule has 0 heterocycles. The summed E-state index contributed by atoms with van der Waals surface area (Å²) in [6.07, 6.45) is 0. The second-order valence-electron chi connectivity index (χ2n) is 6.16. The van der Waals surface area contributed by atoms with Gasteiger partial charge in [0.25, 0.3) is 5.69 Å². The molecule has 0 aliphatic carbocycles. The lowest BCUT2D eigenvalue weighted by Crippen LogP contribution is -2.35. The number of carbonyl (C=O) groups is 1. The molecule has 7 nitrogen and oxygen atoms in total. The van der Waals surface area contributed by atoms with Crippen LogP contribution in [-0.4, -0.2) is 19.1 Å². The second-order valence-corrected chi connectivity index (χ2v) is 7.87. The van der Waals surface area contributed by atoms with Crippen LogP contribution in [0.2, 0.25) is 0 Å². The number of carbonyl (C=O) groups excluding carboxylic acids is 1. The molecule has 0 radical (unpaired) electrons. The van der Waals surface area contributed by atoms with Crippen LogP contribution in [-0.2, 0) is 14.8 Å². The first-order chi connectivity index (χ1) is 12.1. The summed E-state index contributed by atoms with van der Waals surface area (Å²) < 4.78 is 28.0. The van der Waals surface area contributed by atoms with Crippen molar-refractivity contribution in [2.45, 2.75) is 31.7 Å². The number of nitrogens with one attached hydrogen (secondary N) is 1. The summed E-state index contributed by atoms with van der Waals surface area (Å²) in [5, 5.41) is 10.8. The Morgan fingerprint density at radius 3 is 2.08 bits per heavy atom. The third-order valence-electron chi connectivity index (χ3n) is 4.22. The maximum atomic E-state index is 12.7. The van der Waals surface area contributed by atoms with Gasteiger partial charge in [-0.25, -0.2) is 13.1 Å². The molecule has 0 aliphatic heterocycles. The minimum Gasteiger partial charge on any atom is -0.300 e. The molecule has 2 atom stereocenters. The van der Waals surface area contributed by atoms with Crippen LogP contribution < -0.4 is 4.72 Å². The Balaban J connectivity index is 2.40. The van der Waals surface area contributed by atoms with E-state index in [4.69, 9.17) is 0 Å². The minimum absolute atomic E-state index is 0.0887. The van der Waals surface area contributed by atoms with Crippen molar-refractivity contribution in [1.29, 1.82) is 0 Å². The first kappa shape index (κ1) is 19.7. The van der Waals surface area contributed by atoms with E-state index < -0.39 is 26.9 Å². The third kappa shape index (κ3) is 4.53. The maximum absolute atomic E-state index is 12.7. The minimum atomic E-state index is -3.87. The molecule has 138 valence electrons. The molecule has 2 aromatic rings. The van der Waals surface area contributed by atoms with Gasteiger partial charge >= 0.3 is 0 Å². The smallest absolute Gasteiger partial charge is 0.269 e. The van der Waals surface area contributed by atoms with Gasteiger partial charge in [-0.15, -0.1) is 0 Å². The SMILES string of the molecule is CC(=O)[C@@H](C)[C@H](NS(=O)(=O)c1ccc(C)cc1)c1ccc([N+](=O)[O-])cc1. The highest BCUT2D eigenvalue weighted by molar-refractivity contribution is 7.89. The average Bonchev–Trinajstić information content (AvgIpc) is 2.59. The zero-order valence-corrected chi connectivity index (χ0v) is 15.5. The molecular formula is C18H20N2O5S. The van der Waals surface area contributed by atoms with Crippen molar-refractivity contribution in [2.75, 3.05) is 0 Å². The molecule has 26 heavy (non-hydrogen) atoms. The Morgan fingerprint density at radius 1 is 1.08 bits per heavy atom. The largest absolute Gasteiger partial charge is 0.300 e. The number of nitro groups is 1. The van der Waals surface area contributed by atoms with Crippen LogP contribution in [0, 0.1) is 23.0 Å². The van der Waals surface area contributed by atoms with Crippen LogP contribution in [0.15, 0.2) is 53.4 Å². The molecule has 2 rings (SSSR count). The molecule has 0 aromatic heterocycles. The maximum Gasteiger partial charge on any atom is 0.269 e. The van der Waals surface area contributed by atoms with Gasteiger partial charge in [0, 0.05) is 18.1 Å². The number of non-ortho nitro benzene ring substituents is 1. The highest BCUT2D eigenvalue weighted by atomic mass is 32.2. The van der Waals surface area contributed by atoms with Crippen molar-refractivity contribution < 1.29 is 18.1 Å². The number of hydrogen-bond acceptors (Lipinski definition) is 5. The van der Waals surface area contributed by atoms with Crippen molar-refractivity contribution in [3.8, 4) is 0 Å². The van der Waals surface area contributed by atoms with E-state index in [-0.39, 0.29) is 16.4 Å². The topological polar surface area (TPSA) is 106 Å². The van der Waals surface area contributed by atoms with E-state index in [0.29, 0.717) is 5.56 Å². The number of rotatable bonds is 7. The molecule has 0 saturated heterocycles. The Hall–Kier alpha value is -2.58. The summed E-state index contributed by atoms with van der Waals surface area (Å²) in [4.78, 5) is 22.2. The molecule has 2 aromatic carbocycles. The third-order valence-corrected chi connectivity index (χ3v) is 5.67. The van der Waals surface area contributed by atoms with E-state index in [1.54, 1.807) is 19.1 Å². The molecular weight excluding hydrogens is 356 g/mol. The van der Waals surface area contributed by atoms with Gasteiger partial charge in [0.2, 0.25) is 10.0 Å². The summed E-state index contributed by atoms with van der Waals surface area (Å²) in [6.45, 7) is 4.84. The number of nitrogens with zero attached hydrogens (tertiary/aromatic N) is 1. The van der Waals surface area contributed by atoms with Crippen molar-refractivity contribution in [3.05, 3.63) is 69.8 Å². The Labute approximate surface area is 152 Å². The van der Waals surface area contributed by atoms with Gasteiger partial charge in [-0.05, 0) is 31.5 Å². The van der Waals surface area contributed by atoms with Gasteiger partial charge in [-0.3, -0.25) is 14.9 Å². The van der Waals surface area contributed by atoms with Gasteiger partial charge in [-0.2, -0.15) is 0 Å². The predicted octanol–water partition coefficient (Wildman–Crippen LogP) is 3.15. The highest BCUT2D eigenvalue weighted by Crippen LogP contribution is 2.27. The normalized spacial score (nSPS) is 13.8. The van der Waals surface area contributed by atoms with Crippen LogP contribution in [0.5, 0.6) is 0 Å².